The number of nitrogens with zero attached hydrogens (tertiary/aromatic N) is 2. The maximum atomic E-state index is 11.0. The normalized spacial score (nSPS) is 18.9. The molecule has 0 saturated carbocycles. The molecule has 1 aliphatic rings. The van der Waals surface area contributed by atoms with Crippen molar-refractivity contribution in [3.63, 3.8) is 0 Å². The van der Waals surface area contributed by atoms with E-state index < -0.39 is 0 Å². The smallest absolute Gasteiger partial charge is 0.315 e. The Labute approximate surface area is 104 Å². The molecule has 1 fully saturated rings. The summed E-state index contributed by atoms with van der Waals surface area (Å²) in [5, 5.41) is 16.6. The van der Waals surface area contributed by atoms with Crippen molar-refractivity contribution in [3.05, 3.63) is 5.89 Å². The third-order valence-corrected chi connectivity index (χ3v) is 2.53. The Bertz CT molecular complexity index is 395. The average molecular weight is 255 g/mol. The molecule has 2 rings (SSSR count). The molecule has 1 aromatic heterocycles. The summed E-state index contributed by atoms with van der Waals surface area (Å²) in [5.74, 6) is 0.541. The zero-order valence-corrected chi connectivity index (χ0v) is 10.2. The van der Waals surface area contributed by atoms with Crippen LogP contribution in [0.2, 0.25) is 0 Å². The summed E-state index contributed by atoms with van der Waals surface area (Å²) in [6.07, 6.45) is 0.434. The fraction of sp³-hybridized carbons (Fsp3) is 0.700. The van der Waals surface area contributed by atoms with Gasteiger partial charge in [0.25, 0.3) is 0 Å². The Kier molecular flexibility index (Phi) is 4.48. The summed E-state index contributed by atoms with van der Waals surface area (Å²) in [4.78, 5) is 11.0. The van der Waals surface area contributed by atoms with E-state index in [1.54, 1.807) is 7.11 Å². The van der Waals surface area contributed by atoms with E-state index in [1.165, 1.54) is 0 Å². The van der Waals surface area contributed by atoms with Crippen LogP contribution in [0.25, 0.3) is 0 Å². The van der Waals surface area contributed by atoms with Crippen molar-refractivity contribution < 1.29 is 13.9 Å². The lowest BCUT2D eigenvalue weighted by molar-refractivity contribution is -0.119. The van der Waals surface area contributed by atoms with Crippen LogP contribution in [0.1, 0.15) is 12.3 Å². The van der Waals surface area contributed by atoms with E-state index in [9.17, 15) is 4.79 Å². The van der Waals surface area contributed by atoms with Gasteiger partial charge in [0.15, 0.2) is 0 Å². The largest absolute Gasteiger partial charge is 0.407 e. The zero-order valence-electron chi connectivity index (χ0n) is 10.2. The molecule has 0 bridgehead atoms. The van der Waals surface area contributed by atoms with E-state index in [-0.39, 0.29) is 11.9 Å². The summed E-state index contributed by atoms with van der Waals surface area (Å²) in [5.41, 5.74) is 0. The predicted molar refractivity (Wildman–Crippen MR) is 62.9 cm³/mol. The van der Waals surface area contributed by atoms with Crippen molar-refractivity contribution in [1.82, 2.24) is 20.8 Å². The maximum absolute atomic E-state index is 11.0. The van der Waals surface area contributed by atoms with E-state index in [4.69, 9.17) is 9.15 Å². The van der Waals surface area contributed by atoms with Crippen molar-refractivity contribution >= 4 is 11.9 Å². The monoisotopic (exact) mass is 255 g/mol. The average Bonchev–Trinajstić information content (AvgIpc) is 2.95. The molecule has 1 aromatic rings. The first-order valence-electron chi connectivity index (χ1n) is 5.83. The van der Waals surface area contributed by atoms with E-state index in [1.807, 2.05) is 0 Å². The highest BCUT2D eigenvalue weighted by Gasteiger charge is 2.22. The first-order chi connectivity index (χ1) is 8.78. The Morgan fingerprint density at radius 1 is 1.56 bits per heavy atom. The highest BCUT2D eigenvalue weighted by atomic mass is 16.5. The summed E-state index contributed by atoms with van der Waals surface area (Å²) in [6, 6.07) is 0.368. The second kappa shape index (κ2) is 6.31. The third-order valence-electron chi connectivity index (χ3n) is 2.53. The Balaban J connectivity index is 1.73. The van der Waals surface area contributed by atoms with Crippen LogP contribution in [0.4, 0.5) is 6.01 Å². The van der Waals surface area contributed by atoms with Crippen molar-refractivity contribution in [2.24, 2.45) is 0 Å². The summed E-state index contributed by atoms with van der Waals surface area (Å²) < 4.78 is 10.3. The summed E-state index contributed by atoms with van der Waals surface area (Å²) in [7, 11) is 1.65. The van der Waals surface area contributed by atoms with Crippen molar-refractivity contribution in [2.45, 2.75) is 19.0 Å². The van der Waals surface area contributed by atoms with Gasteiger partial charge < -0.3 is 25.1 Å². The van der Waals surface area contributed by atoms with E-state index in [0.29, 0.717) is 38.0 Å². The molecule has 18 heavy (non-hydrogen) atoms. The topological polar surface area (TPSA) is 101 Å². The molecule has 3 N–H and O–H groups in total. The SMILES string of the molecule is COCCNCc1nnc(NC2CNC(=O)C2)o1. The van der Waals surface area contributed by atoms with Crippen LogP contribution in [0, 0.1) is 0 Å². The first kappa shape index (κ1) is 12.8. The van der Waals surface area contributed by atoms with Gasteiger partial charge in [-0.2, -0.15) is 0 Å². The Morgan fingerprint density at radius 3 is 3.17 bits per heavy atom. The number of aromatic nitrogens is 2. The number of carbonyl (C=O) groups excluding carboxylic acids is 1. The number of anilines is 1. The number of methoxy groups -OCH3 is 1. The molecule has 1 aliphatic heterocycles. The van der Waals surface area contributed by atoms with Crippen molar-refractivity contribution in [1.29, 1.82) is 0 Å². The molecular weight excluding hydrogens is 238 g/mol. The lowest BCUT2D eigenvalue weighted by Gasteiger charge is -2.05. The van der Waals surface area contributed by atoms with Crippen LogP contribution in [-0.4, -0.2) is 49.0 Å². The molecule has 100 valence electrons. The number of nitrogens with one attached hydrogen (secondary N) is 3. The van der Waals surface area contributed by atoms with Gasteiger partial charge in [-0.15, -0.1) is 5.10 Å². The predicted octanol–water partition coefficient (Wildman–Crippen LogP) is -0.894. The van der Waals surface area contributed by atoms with Crippen LogP contribution < -0.4 is 16.0 Å². The lowest BCUT2D eigenvalue weighted by atomic mass is 10.3. The Morgan fingerprint density at radius 2 is 2.44 bits per heavy atom. The van der Waals surface area contributed by atoms with Gasteiger partial charge in [-0.05, 0) is 0 Å². The molecule has 2 heterocycles. The number of amides is 1. The minimum Gasteiger partial charge on any atom is -0.407 e. The molecule has 1 amide bonds. The van der Waals surface area contributed by atoms with Gasteiger partial charge in [0.05, 0.1) is 19.2 Å². The molecule has 8 nitrogen and oxygen atoms in total. The van der Waals surface area contributed by atoms with Gasteiger partial charge >= 0.3 is 6.01 Å². The minimum absolute atomic E-state index is 0.0206. The molecule has 1 unspecified atom stereocenters. The molecule has 0 aliphatic carbocycles. The minimum atomic E-state index is 0.0206. The number of hydrogen-bond acceptors (Lipinski definition) is 7. The van der Waals surface area contributed by atoms with Gasteiger partial charge in [-0.25, -0.2) is 0 Å². The molecule has 0 aromatic carbocycles. The molecule has 1 saturated heterocycles. The molecule has 0 spiro atoms. The molecular formula is C10H17N5O3. The number of hydrogen-bond donors (Lipinski definition) is 3. The number of rotatable bonds is 7. The van der Waals surface area contributed by atoms with Gasteiger partial charge in [-0.1, -0.05) is 5.10 Å². The summed E-state index contributed by atoms with van der Waals surface area (Å²) in [6.45, 7) is 2.44. The van der Waals surface area contributed by atoms with Gasteiger partial charge in [-0.3, -0.25) is 4.79 Å². The maximum Gasteiger partial charge on any atom is 0.315 e. The second-order valence-corrected chi connectivity index (χ2v) is 4.02. The standard InChI is InChI=1S/C10H17N5O3/c1-17-3-2-11-6-9-14-15-10(18-9)13-7-4-8(16)12-5-7/h7,11H,2-6H2,1H3,(H,12,16)(H,13,15). The Hall–Kier alpha value is -1.67. The quantitative estimate of drug-likeness (QED) is 0.543. The number of carbonyl (C=O) groups is 1. The molecule has 8 heteroatoms. The van der Waals surface area contributed by atoms with Gasteiger partial charge in [0, 0.05) is 26.6 Å². The van der Waals surface area contributed by atoms with E-state index >= 15 is 0 Å². The molecule has 0 radical (unpaired) electrons. The van der Waals surface area contributed by atoms with Gasteiger partial charge in [0.2, 0.25) is 11.8 Å². The fourth-order valence-corrected chi connectivity index (χ4v) is 1.63. The van der Waals surface area contributed by atoms with Crippen molar-refractivity contribution in [3.8, 4) is 0 Å². The highest BCUT2D eigenvalue weighted by molar-refractivity contribution is 5.79. The third kappa shape index (κ3) is 3.67. The van der Waals surface area contributed by atoms with Crippen LogP contribution >= 0.6 is 0 Å². The summed E-state index contributed by atoms with van der Waals surface area (Å²) >= 11 is 0. The fourth-order valence-electron chi connectivity index (χ4n) is 1.63. The van der Waals surface area contributed by atoms with E-state index in [0.717, 1.165) is 6.54 Å². The van der Waals surface area contributed by atoms with E-state index in [2.05, 4.69) is 26.1 Å². The van der Waals surface area contributed by atoms with Gasteiger partial charge in [0.1, 0.15) is 0 Å². The zero-order chi connectivity index (χ0) is 12.8. The van der Waals surface area contributed by atoms with Crippen LogP contribution in [0.15, 0.2) is 4.42 Å². The second-order valence-electron chi connectivity index (χ2n) is 4.02. The highest BCUT2D eigenvalue weighted by Crippen LogP contribution is 2.10. The van der Waals surface area contributed by atoms with Crippen LogP contribution in [-0.2, 0) is 16.1 Å². The van der Waals surface area contributed by atoms with Crippen LogP contribution in [0.5, 0.6) is 0 Å². The first-order valence-corrected chi connectivity index (χ1v) is 5.83. The van der Waals surface area contributed by atoms with Crippen molar-refractivity contribution in [2.75, 3.05) is 32.1 Å². The number of ether oxygens (including phenoxy) is 1. The van der Waals surface area contributed by atoms with Crippen LogP contribution in [0.3, 0.4) is 0 Å². The molecule has 1 atom stereocenters. The lowest BCUT2D eigenvalue weighted by Crippen LogP contribution is -2.22.